The zero-order chi connectivity index (χ0) is 18.7. The van der Waals surface area contributed by atoms with Gasteiger partial charge in [-0.25, -0.2) is 4.79 Å². The maximum absolute atomic E-state index is 12.2. The van der Waals surface area contributed by atoms with Crippen LogP contribution >= 0.6 is 11.8 Å². The van der Waals surface area contributed by atoms with Gasteiger partial charge in [0.1, 0.15) is 6.04 Å². The van der Waals surface area contributed by atoms with Crippen molar-refractivity contribution in [3.05, 3.63) is 35.9 Å². The first-order valence-corrected chi connectivity index (χ1v) is 9.16. The third kappa shape index (κ3) is 3.67. The van der Waals surface area contributed by atoms with Gasteiger partial charge in [0.05, 0.1) is 4.87 Å². The summed E-state index contributed by atoms with van der Waals surface area (Å²) in [5.74, 6) is -1.37. The number of carbonyl (C=O) groups excluding carboxylic acids is 4. The zero-order valence-electron chi connectivity index (χ0n) is 14.2. The van der Waals surface area contributed by atoms with Gasteiger partial charge in [-0.2, -0.15) is 0 Å². The Morgan fingerprint density at radius 2 is 2.00 bits per heavy atom. The van der Waals surface area contributed by atoms with Gasteiger partial charge in [-0.15, -0.1) is 11.8 Å². The van der Waals surface area contributed by atoms with E-state index in [1.54, 1.807) is 47.0 Å². The number of esters is 1. The fraction of sp³-hybridized carbons (Fsp3) is 0.412. The lowest BCUT2D eigenvalue weighted by Gasteiger charge is -2.29. The molecule has 0 spiro atoms. The van der Waals surface area contributed by atoms with Crippen molar-refractivity contribution in [2.45, 2.75) is 30.7 Å². The van der Waals surface area contributed by atoms with Gasteiger partial charge in [0, 0.05) is 17.7 Å². The summed E-state index contributed by atoms with van der Waals surface area (Å²) in [5.41, 5.74) is 4.82. The van der Waals surface area contributed by atoms with E-state index in [1.165, 1.54) is 0 Å². The standard InChI is InChI=1S/C17H19N3O5S/c1-17-8-7-14(22)20(17)12(10-26-17)16(24)25-9-13(21)18-19-15(23)11-5-3-2-4-6-11/h2-6,12H,7-10H2,1H3,(H,18,21)(H,19,23)/t12-,17-/m1/s1. The SMILES string of the molecule is C[C@@]12CCC(=O)N1[C@@H](C(=O)OCC(=O)NNC(=O)c1ccccc1)CS2. The molecule has 0 saturated carbocycles. The van der Waals surface area contributed by atoms with E-state index in [0.717, 1.165) is 0 Å². The molecule has 3 rings (SSSR count). The first kappa shape index (κ1) is 18.2. The van der Waals surface area contributed by atoms with Crippen LogP contribution in [0.25, 0.3) is 0 Å². The molecule has 138 valence electrons. The van der Waals surface area contributed by atoms with E-state index in [-0.39, 0.29) is 10.8 Å². The molecule has 2 aliphatic rings. The number of nitrogens with zero attached hydrogens (tertiary/aromatic N) is 1. The molecular weight excluding hydrogens is 358 g/mol. The van der Waals surface area contributed by atoms with E-state index < -0.39 is 30.4 Å². The molecule has 0 bridgehead atoms. The topological polar surface area (TPSA) is 105 Å². The van der Waals surface area contributed by atoms with Crippen molar-refractivity contribution >= 4 is 35.5 Å². The van der Waals surface area contributed by atoms with Crippen LogP contribution in [0.5, 0.6) is 0 Å². The molecule has 1 aromatic carbocycles. The molecule has 2 fully saturated rings. The molecule has 8 nitrogen and oxygen atoms in total. The number of amides is 3. The lowest BCUT2D eigenvalue weighted by molar-refractivity contribution is -0.156. The quantitative estimate of drug-likeness (QED) is 0.583. The Hall–Kier alpha value is -2.55. The van der Waals surface area contributed by atoms with Crippen LogP contribution in [0, 0.1) is 0 Å². The fourth-order valence-electron chi connectivity index (χ4n) is 3.05. The molecule has 2 aliphatic heterocycles. The molecule has 2 saturated heterocycles. The summed E-state index contributed by atoms with van der Waals surface area (Å²) in [4.78, 5) is 49.0. The Morgan fingerprint density at radius 1 is 1.27 bits per heavy atom. The predicted octanol–water partition coefficient (Wildman–Crippen LogP) is 0.445. The molecule has 2 N–H and O–H groups in total. The van der Waals surface area contributed by atoms with Crippen molar-refractivity contribution in [3.63, 3.8) is 0 Å². The molecule has 0 aromatic heterocycles. The Kier molecular flexibility index (Phi) is 5.17. The monoisotopic (exact) mass is 377 g/mol. The van der Waals surface area contributed by atoms with Crippen molar-refractivity contribution < 1.29 is 23.9 Å². The molecule has 2 atom stereocenters. The highest BCUT2D eigenvalue weighted by Crippen LogP contribution is 2.47. The van der Waals surface area contributed by atoms with E-state index in [1.807, 2.05) is 6.92 Å². The predicted molar refractivity (Wildman–Crippen MR) is 93.7 cm³/mol. The molecular formula is C17H19N3O5S. The Bertz CT molecular complexity index is 741. The van der Waals surface area contributed by atoms with Crippen molar-refractivity contribution in [1.82, 2.24) is 15.8 Å². The summed E-state index contributed by atoms with van der Waals surface area (Å²) in [6.45, 7) is 1.40. The average molecular weight is 377 g/mol. The number of hydrogen-bond acceptors (Lipinski definition) is 6. The van der Waals surface area contributed by atoms with Gasteiger partial charge < -0.3 is 9.64 Å². The van der Waals surface area contributed by atoms with E-state index >= 15 is 0 Å². The first-order chi connectivity index (χ1) is 12.4. The summed E-state index contributed by atoms with van der Waals surface area (Å²) in [5, 5.41) is 0. The minimum Gasteiger partial charge on any atom is -0.454 e. The maximum atomic E-state index is 12.2. The van der Waals surface area contributed by atoms with Crippen LogP contribution in [0.15, 0.2) is 30.3 Å². The van der Waals surface area contributed by atoms with E-state index in [0.29, 0.717) is 24.2 Å². The third-order valence-electron chi connectivity index (χ3n) is 4.41. The van der Waals surface area contributed by atoms with Crippen LogP contribution in [0.3, 0.4) is 0 Å². The second kappa shape index (κ2) is 7.36. The Morgan fingerprint density at radius 3 is 2.73 bits per heavy atom. The first-order valence-electron chi connectivity index (χ1n) is 8.18. The smallest absolute Gasteiger partial charge is 0.330 e. The number of carbonyl (C=O) groups is 4. The minimum atomic E-state index is -0.674. The van der Waals surface area contributed by atoms with Crippen LogP contribution in [-0.2, 0) is 19.1 Å². The second-order valence-corrected chi connectivity index (χ2v) is 7.74. The normalized spacial score (nSPS) is 24.1. The molecule has 0 aliphatic carbocycles. The number of ether oxygens (including phenoxy) is 1. The minimum absolute atomic E-state index is 0.0703. The number of fused-ring (bicyclic) bond motifs is 1. The Labute approximate surface area is 154 Å². The molecule has 2 heterocycles. The number of rotatable bonds is 4. The van der Waals surface area contributed by atoms with Crippen LogP contribution in [0.2, 0.25) is 0 Å². The second-order valence-electron chi connectivity index (χ2n) is 6.24. The summed E-state index contributed by atoms with van der Waals surface area (Å²) >= 11 is 1.55. The molecule has 26 heavy (non-hydrogen) atoms. The fourth-order valence-corrected chi connectivity index (χ4v) is 4.47. The largest absolute Gasteiger partial charge is 0.454 e. The molecule has 0 unspecified atom stereocenters. The van der Waals surface area contributed by atoms with Gasteiger partial charge in [-0.1, -0.05) is 18.2 Å². The van der Waals surface area contributed by atoms with Gasteiger partial charge in [-0.05, 0) is 25.5 Å². The van der Waals surface area contributed by atoms with Gasteiger partial charge in [0.2, 0.25) is 5.91 Å². The molecule has 1 aromatic rings. The molecule has 3 amide bonds. The van der Waals surface area contributed by atoms with Crippen LogP contribution < -0.4 is 10.9 Å². The zero-order valence-corrected chi connectivity index (χ0v) is 15.0. The number of benzene rings is 1. The van der Waals surface area contributed by atoms with Crippen molar-refractivity contribution in [1.29, 1.82) is 0 Å². The van der Waals surface area contributed by atoms with Crippen LogP contribution in [-0.4, -0.2) is 51.9 Å². The summed E-state index contributed by atoms with van der Waals surface area (Å²) in [6.07, 6.45) is 1.12. The number of nitrogens with one attached hydrogen (secondary N) is 2. The Balaban J connectivity index is 1.45. The lowest BCUT2D eigenvalue weighted by Crippen LogP contribution is -2.48. The van der Waals surface area contributed by atoms with Crippen LogP contribution in [0.4, 0.5) is 0 Å². The average Bonchev–Trinajstić information content (AvgIpc) is 3.14. The highest BCUT2D eigenvalue weighted by Gasteiger charge is 2.53. The lowest BCUT2D eigenvalue weighted by atomic mass is 10.2. The summed E-state index contributed by atoms with van der Waals surface area (Å²) in [7, 11) is 0. The molecule has 0 radical (unpaired) electrons. The van der Waals surface area contributed by atoms with Crippen molar-refractivity contribution in [2.75, 3.05) is 12.4 Å². The third-order valence-corrected chi connectivity index (χ3v) is 5.92. The van der Waals surface area contributed by atoms with E-state index in [4.69, 9.17) is 4.74 Å². The van der Waals surface area contributed by atoms with Crippen molar-refractivity contribution in [2.24, 2.45) is 0 Å². The van der Waals surface area contributed by atoms with Gasteiger partial charge in [0.25, 0.3) is 11.8 Å². The molecule has 9 heteroatoms. The maximum Gasteiger partial charge on any atom is 0.330 e. The van der Waals surface area contributed by atoms with E-state index in [2.05, 4.69) is 10.9 Å². The van der Waals surface area contributed by atoms with E-state index in [9.17, 15) is 19.2 Å². The van der Waals surface area contributed by atoms with Gasteiger partial charge >= 0.3 is 5.97 Å². The number of thioether (sulfide) groups is 1. The summed E-state index contributed by atoms with van der Waals surface area (Å²) in [6, 6.07) is 7.70. The number of hydrazine groups is 1. The summed E-state index contributed by atoms with van der Waals surface area (Å²) < 4.78 is 5.02. The highest BCUT2D eigenvalue weighted by atomic mass is 32.2. The van der Waals surface area contributed by atoms with Gasteiger partial charge in [-0.3, -0.25) is 25.2 Å². The highest BCUT2D eigenvalue weighted by molar-refractivity contribution is 8.01. The number of hydrogen-bond donors (Lipinski definition) is 2. The van der Waals surface area contributed by atoms with Crippen LogP contribution in [0.1, 0.15) is 30.1 Å². The van der Waals surface area contributed by atoms with Crippen molar-refractivity contribution in [3.8, 4) is 0 Å². The van der Waals surface area contributed by atoms with Gasteiger partial charge in [0.15, 0.2) is 6.61 Å².